The van der Waals surface area contributed by atoms with Crippen LogP contribution in [0.15, 0.2) is 53.5 Å². The first-order valence-corrected chi connectivity index (χ1v) is 11.5. The zero-order valence-corrected chi connectivity index (χ0v) is 21.3. The number of aryl methyl sites for hydroxylation is 2. The number of ether oxygens (including phenoxy) is 2. The molecule has 14 nitrogen and oxygen atoms in total. The molecule has 0 bridgehead atoms. The topological polar surface area (TPSA) is 172 Å². The van der Waals surface area contributed by atoms with Crippen LogP contribution in [0, 0.1) is 24.0 Å². The second-order valence-corrected chi connectivity index (χ2v) is 8.54. The fourth-order valence-corrected chi connectivity index (χ4v) is 4.09. The van der Waals surface area contributed by atoms with E-state index in [2.05, 4.69) is 25.5 Å². The Labute approximate surface area is 220 Å². The Kier molecular flexibility index (Phi) is 6.27. The second kappa shape index (κ2) is 9.74. The fraction of sp³-hybridized carbons (Fsp3) is 0.160. The van der Waals surface area contributed by atoms with Gasteiger partial charge in [0.2, 0.25) is 5.95 Å². The number of amides is 1. The van der Waals surface area contributed by atoms with E-state index in [1.807, 2.05) is 31.2 Å². The van der Waals surface area contributed by atoms with Crippen LogP contribution in [-0.4, -0.2) is 54.6 Å². The van der Waals surface area contributed by atoms with Gasteiger partial charge < -0.3 is 14.8 Å². The Balaban J connectivity index is 1.59. The van der Waals surface area contributed by atoms with Gasteiger partial charge in [-0.1, -0.05) is 12.1 Å². The van der Waals surface area contributed by atoms with E-state index in [1.54, 1.807) is 6.92 Å². The monoisotopic (exact) mass is 530 g/mol. The number of anilines is 1. The molecule has 5 rings (SSSR count). The van der Waals surface area contributed by atoms with Crippen LogP contribution in [0.1, 0.15) is 21.6 Å². The average molecular weight is 531 g/mol. The lowest BCUT2D eigenvalue weighted by Gasteiger charge is -2.12. The number of nitrogens with zero attached hydrogens (tertiary/aromatic N) is 6. The highest BCUT2D eigenvalue weighted by Gasteiger charge is 2.26. The number of methoxy groups -OCH3 is 2. The molecule has 0 spiro atoms. The van der Waals surface area contributed by atoms with Gasteiger partial charge in [-0.2, -0.15) is 19.9 Å². The lowest BCUT2D eigenvalue weighted by atomic mass is 10.1. The summed E-state index contributed by atoms with van der Waals surface area (Å²) < 4.78 is 13.1. The first-order chi connectivity index (χ1) is 18.7. The van der Waals surface area contributed by atoms with Crippen molar-refractivity contribution in [3.8, 4) is 23.1 Å². The zero-order valence-electron chi connectivity index (χ0n) is 21.3. The van der Waals surface area contributed by atoms with Crippen LogP contribution in [0.25, 0.3) is 22.7 Å². The molecule has 0 saturated carbocycles. The SMILES string of the molecule is COc1cc(C(=O)Nc2cc(C)nn2-c2nc3c(cnn3-c3cccc(C)c3)c(=O)[nH]2)c([N+](=O)[O-])cc1OC. The number of nitrogens with one attached hydrogen (secondary N) is 2. The summed E-state index contributed by atoms with van der Waals surface area (Å²) in [5.41, 5.74) is 1.26. The molecule has 2 aromatic carbocycles. The molecule has 0 aliphatic rings. The van der Waals surface area contributed by atoms with Gasteiger partial charge >= 0.3 is 0 Å². The largest absolute Gasteiger partial charge is 0.493 e. The van der Waals surface area contributed by atoms with Gasteiger partial charge in [-0.05, 0) is 31.5 Å². The van der Waals surface area contributed by atoms with E-state index in [0.717, 1.165) is 11.6 Å². The van der Waals surface area contributed by atoms with E-state index >= 15 is 0 Å². The molecule has 14 heteroatoms. The number of hydrogen-bond acceptors (Lipinski definition) is 9. The molecule has 3 aromatic heterocycles. The standard InChI is InChI=1S/C25H22N8O6/c1-13-6-5-7-15(8-13)31-22-17(12-26-31)24(35)29-25(28-22)32-21(9-14(2)30-32)27-23(34)16-10-19(38-3)20(39-4)11-18(16)33(36)37/h5-12H,1-4H3,(H,27,34)(H,28,29,35). The molecule has 0 radical (unpaired) electrons. The Morgan fingerprint density at radius 2 is 1.82 bits per heavy atom. The minimum Gasteiger partial charge on any atom is -0.493 e. The predicted molar refractivity (Wildman–Crippen MR) is 140 cm³/mol. The van der Waals surface area contributed by atoms with Gasteiger partial charge in [-0.15, -0.1) is 0 Å². The molecule has 0 fully saturated rings. The van der Waals surface area contributed by atoms with Crippen molar-refractivity contribution in [1.82, 2.24) is 29.5 Å². The van der Waals surface area contributed by atoms with E-state index < -0.39 is 22.1 Å². The number of carbonyl (C=O) groups excluding carboxylic acids is 1. The zero-order chi connectivity index (χ0) is 27.8. The minimum absolute atomic E-state index is 0.00659. The number of fused-ring (bicyclic) bond motifs is 1. The van der Waals surface area contributed by atoms with Crippen LogP contribution < -0.4 is 20.3 Å². The lowest BCUT2D eigenvalue weighted by Crippen LogP contribution is -2.20. The number of H-pyrrole nitrogens is 1. The highest BCUT2D eigenvalue weighted by atomic mass is 16.6. The van der Waals surface area contributed by atoms with Gasteiger partial charge in [0.05, 0.1) is 42.8 Å². The van der Waals surface area contributed by atoms with Crippen LogP contribution in [0.4, 0.5) is 11.5 Å². The summed E-state index contributed by atoms with van der Waals surface area (Å²) in [6, 6.07) is 11.4. The fourth-order valence-electron chi connectivity index (χ4n) is 4.09. The number of carbonyl (C=O) groups is 1. The molecule has 3 heterocycles. The Morgan fingerprint density at radius 3 is 2.51 bits per heavy atom. The molecule has 2 N–H and O–H groups in total. The van der Waals surface area contributed by atoms with Crippen LogP contribution >= 0.6 is 0 Å². The third-order valence-corrected chi connectivity index (χ3v) is 5.89. The second-order valence-electron chi connectivity index (χ2n) is 8.54. The van der Waals surface area contributed by atoms with Gasteiger partial charge in [0.1, 0.15) is 16.8 Å². The molecule has 198 valence electrons. The summed E-state index contributed by atoms with van der Waals surface area (Å²) in [5, 5.41) is 23.3. The molecule has 39 heavy (non-hydrogen) atoms. The number of nitro benzene ring substituents is 1. The van der Waals surface area contributed by atoms with Gasteiger partial charge in [0.25, 0.3) is 17.2 Å². The van der Waals surface area contributed by atoms with Crippen molar-refractivity contribution in [2.24, 2.45) is 0 Å². The summed E-state index contributed by atoms with van der Waals surface area (Å²) >= 11 is 0. The van der Waals surface area contributed by atoms with Crippen molar-refractivity contribution in [3.05, 3.63) is 86.0 Å². The number of hydrogen-bond donors (Lipinski definition) is 2. The average Bonchev–Trinajstić information content (AvgIpc) is 3.51. The number of aromatic nitrogens is 6. The first-order valence-electron chi connectivity index (χ1n) is 11.5. The summed E-state index contributed by atoms with van der Waals surface area (Å²) in [7, 11) is 2.68. The smallest absolute Gasteiger partial charge is 0.286 e. The number of rotatable bonds is 7. The van der Waals surface area contributed by atoms with Gasteiger partial charge in [-0.3, -0.25) is 24.7 Å². The Hall–Kier alpha value is -5.53. The van der Waals surface area contributed by atoms with E-state index in [4.69, 9.17) is 9.47 Å². The van der Waals surface area contributed by atoms with E-state index in [9.17, 15) is 19.7 Å². The van der Waals surface area contributed by atoms with Gasteiger partial charge in [-0.25, -0.2) is 4.68 Å². The maximum absolute atomic E-state index is 13.2. The van der Waals surface area contributed by atoms with Crippen molar-refractivity contribution >= 4 is 28.4 Å². The normalized spacial score (nSPS) is 11.0. The Bertz CT molecular complexity index is 1820. The minimum atomic E-state index is -0.808. The molecule has 0 aliphatic carbocycles. The van der Waals surface area contributed by atoms with Crippen LogP contribution in [0.5, 0.6) is 11.5 Å². The molecular weight excluding hydrogens is 508 g/mol. The predicted octanol–water partition coefficient (Wildman–Crippen LogP) is 3.09. The van der Waals surface area contributed by atoms with E-state index in [1.165, 1.54) is 41.9 Å². The number of nitro groups is 1. The third-order valence-electron chi connectivity index (χ3n) is 5.89. The highest BCUT2D eigenvalue weighted by molar-refractivity contribution is 6.07. The lowest BCUT2D eigenvalue weighted by molar-refractivity contribution is -0.385. The summed E-state index contributed by atoms with van der Waals surface area (Å²) in [6.45, 7) is 3.61. The van der Waals surface area contributed by atoms with Crippen molar-refractivity contribution < 1.29 is 19.2 Å². The maximum atomic E-state index is 13.2. The molecule has 0 aliphatic heterocycles. The van der Waals surface area contributed by atoms with Gasteiger partial charge in [0, 0.05) is 12.1 Å². The maximum Gasteiger partial charge on any atom is 0.286 e. The molecule has 1 amide bonds. The van der Waals surface area contributed by atoms with Crippen LogP contribution in [-0.2, 0) is 0 Å². The van der Waals surface area contributed by atoms with Crippen LogP contribution in [0.3, 0.4) is 0 Å². The van der Waals surface area contributed by atoms with Gasteiger partial charge in [0.15, 0.2) is 17.1 Å². The highest BCUT2D eigenvalue weighted by Crippen LogP contribution is 2.35. The summed E-state index contributed by atoms with van der Waals surface area (Å²) in [5.74, 6) is -0.449. The molecule has 0 unspecified atom stereocenters. The summed E-state index contributed by atoms with van der Waals surface area (Å²) in [4.78, 5) is 44.4. The molecular formula is C25H22N8O6. The number of aromatic amines is 1. The van der Waals surface area contributed by atoms with E-state index in [0.29, 0.717) is 11.4 Å². The van der Waals surface area contributed by atoms with Crippen molar-refractivity contribution in [3.63, 3.8) is 0 Å². The van der Waals surface area contributed by atoms with E-state index in [-0.39, 0.29) is 39.9 Å². The quantitative estimate of drug-likeness (QED) is 0.237. The van der Waals surface area contributed by atoms with Crippen molar-refractivity contribution in [2.75, 3.05) is 19.5 Å². The van der Waals surface area contributed by atoms with Crippen molar-refractivity contribution in [2.45, 2.75) is 13.8 Å². The van der Waals surface area contributed by atoms with Crippen molar-refractivity contribution in [1.29, 1.82) is 0 Å². The molecule has 5 aromatic rings. The number of benzene rings is 2. The first kappa shape index (κ1) is 25.1. The molecule has 0 saturated heterocycles. The van der Waals surface area contributed by atoms with Crippen LogP contribution in [0.2, 0.25) is 0 Å². The third kappa shape index (κ3) is 4.54. The summed E-state index contributed by atoms with van der Waals surface area (Å²) in [6.07, 6.45) is 1.42. The Morgan fingerprint density at radius 1 is 1.08 bits per heavy atom. The molecule has 0 atom stereocenters.